The van der Waals surface area contributed by atoms with Crippen LogP contribution in [0.4, 0.5) is 19.0 Å². The molecule has 0 amide bonds. The molecule has 7 heteroatoms. The summed E-state index contributed by atoms with van der Waals surface area (Å²) < 4.78 is 38.7. The second-order valence-corrected chi connectivity index (χ2v) is 7.03. The topological polar surface area (TPSA) is 42.0 Å². The molecular formula is C21H16BrF3N2O. The van der Waals surface area contributed by atoms with Gasteiger partial charge in [-0.15, -0.1) is 0 Å². The Morgan fingerprint density at radius 1 is 1.04 bits per heavy atom. The van der Waals surface area contributed by atoms with Gasteiger partial charge in [0.05, 0.1) is 5.56 Å². The van der Waals surface area contributed by atoms with E-state index in [0.717, 1.165) is 17.7 Å². The molecule has 3 rings (SSSR count). The summed E-state index contributed by atoms with van der Waals surface area (Å²) in [7, 11) is 0. The van der Waals surface area contributed by atoms with Gasteiger partial charge in [0.25, 0.3) is 0 Å². The second kappa shape index (κ2) is 8.56. The minimum absolute atomic E-state index is 0.00712. The van der Waals surface area contributed by atoms with Crippen LogP contribution in [0.2, 0.25) is 0 Å². The lowest BCUT2D eigenvalue weighted by atomic mass is 10.0. The zero-order valence-electron chi connectivity index (χ0n) is 14.6. The highest BCUT2D eigenvalue weighted by Gasteiger charge is 2.31. The number of ketones is 1. The third kappa shape index (κ3) is 4.98. The fourth-order valence-electron chi connectivity index (χ4n) is 2.64. The Kier molecular flexibility index (Phi) is 6.14. The number of carbonyl (C=O) groups is 1. The van der Waals surface area contributed by atoms with Crippen LogP contribution in [0.15, 0.2) is 72.9 Å². The van der Waals surface area contributed by atoms with E-state index in [0.29, 0.717) is 17.9 Å². The van der Waals surface area contributed by atoms with Gasteiger partial charge in [0.2, 0.25) is 0 Å². The van der Waals surface area contributed by atoms with E-state index in [1.807, 2.05) is 30.3 Å². The van der Waals surface area contributed by atoms with E-state index in [2.05, 4.69) is 26.2 Å². The van der Waals surface area contributed by atoms with Crippen LogP contribution in [0.5, 0.6) is 0 Å². The lowest BCUT2D eigenvalue weighted by Crippen LogP contribution is -2.11. The molecule has 144 valence electrons. The number of nitrogens with zero attached hydrogens (tertiary/aromatic N) is 1. The van der Waals surface area contributed by atoms with Crippen LogP contribution in [0.1, 0.15) is 31.9 Å². The summed E-state index contributed by atoms with van der Waals surface area (Å²) in [5.41, 5.74) is 0.823. The first kappa shape index (κ1) is 20.1. The van der Waals surface area contributed by atoms with Gasteiger partial charge in [-0.1, -0.05) is 58.4 Å². The van der Waals surface area contributed by atoms with Crippen LogP contribution < -0.4 is 5.32 Å². The van der Waals surface area contributed by atoms with Crippen molar-refractivity contribution in [2.24, 2.45) is 0 Å². The number of halogens is 4. The van der Waals surface area contributed by atoms with Gasteiger partial charge >= 0.3 is 6.18 Å². The third-order valence-corrected chi connectivity index (χ3v) is 5.04. The number of carbonyl (C=O) groups excluding carboxylic acids is 1. The molecule has 2 aromatic carbocycles. The summed E-state index contributed by atoms with van der Waals surface area (Å²) in [6.45, 7) is 0.561. The fourth-order valence-corrected chi connectivity index (χ4v) is 3.19. The number of benzene rings is 2. The van der Waals surface area contributed by atoms with Crippen molar-refractivity contribution in [3.05, 3.63) is 95.2 Å². The molecule has 3 aromatic rings. The third-order valence-electron chi connectivity index (χ3n) is 4.10. The zero-order chi connectivity index (χ0) is 20.1. The van der Waals surface area contributed by atoms with E-state index in [9.17, 15) is 18.0 Å². The van der Waals surface area contributed by atoms with E-state index in [1.165, 1.54) is 12.1 Å². The molecule has 3 nitrogen and oxygen atoms in total. The van der Waals surface area contributed by atoms with E-state index in [4.69, 9.17) is 0 Å². The molecule has 1 unspecified atom stereocenters. The monoisotopic (exact) mass is 448 g/mol. The maximum absolute atomic E-state index is 12.9. The second-order valence-electron chi connectivity index (χ2n) is 6.12. The lowest BCUT2D eigenvalue weighted by molar-refractivity contribution is -0.137. The Morgan fingerprint density at radius 2 is 1.79 bits per heavy atom. The first-order valence-electron chi connectivity index (χ1n) is 8.44. The van der Waals surface area contributed by atoms with Crippen LogP contribution in [0.25, 0.3) is 0 Å². The van der Waals surface area contributed by atoms with Gasteiger partial charge in [-0.25, -0.2) is 4.98 Å². The molecule has 0 aliphatic heterocycles. The predicted molar refractivity (Wildman–Crippen MR) is 105 cm³/mol. The molecule has 28 heavy (non-hydrogen) atoms. The molecule has 0 spiro atoms. The van der Waals surface area contributed by atoms with Crippen LogP contribution >= 0.6 is 15.9 Å². The van der Waals surface area contributed by atoms with Crippen LogP contribution in [-0.4, -0.2) is 10.8 Å². The average Bonchev–Trinajstić information content (AvgIpc) is 2.71. The SMILES string of the molecule is O=C(c1cccc(C(F)(F)F)c1)C(Br)c1ccnc(NCc2ccccc2)c1. The van der Waals surface area contributed by atoms with Crippen molar-refractivity contribution in [3.8, 4) is 0 Å². The van der Waals surface area contributed by atoms with Gasteiger partial charge in [-0.2, -0.15) is 13.2 Å². The van der Waals surface area contributed by atoms with Gasteiger partial charge in [-0.3, -0.25) is 4.79 Å². The molecule has 0 aliphatic carbocycles. The van der Waals surface area contributed by atoms with Crippen molar-refractivity contribution >= 4 is 27.5 Å². The minimum Gasteiger partial charge on any atom is -0.366 e. The van der Waals surface area contributed by atoms with Crippen molar-refractivity contribution in [1.29, 1.82) is 0 Å². The van der Waals surface area contributed by atoms with Crippen molar-refractivity contribution in [2.75, 3.05) is 5.32 Å². The summed E-state index contributed by atoms with van der Waals surface area (Å²) in [5, 5.41) is 3.17. The summed E-state index contributed by atoms with van der Waals surface area (Å²) in [4.78, 5) is 16.1. The highest BCUT2D eigenvalue weighted by Crippen LogP contribution is 2.32. The molecule has 1 heterocycles. The van der Waals surface area contributed by atoms with Crippen molar-refractivity contribution in [1.82, 2.24) is 4.98 Å². The summed E-state index contributed by atoms with van der Waals surface area (Å²) >= 11 is 3.31. The zero-order valence-corrected chi connectivity index (χ0v) is 16.2. The van der Waals surface area contributed by atoms with Crippen molar-refractivity contribution in [2.45, 2.75) is 17.5 Å². The normalized spacial score (nSPS) is 12.4. The number of aromatic nitrogens is 1. The minimum atomic E-state index is -4.50. The summed E-state index contributed by atoms with van der Waals surface area (Å²) in [6.07, 6.45) is -2.94. The van der Waals surface area contributed by atoms with E-state index < -0.39 is 22.4 Å². The molecule has 0 saturated carbocycles. The van der Waals surface area contributed by atoms with Crippen molar-refractivity contribution in [3.63, 3.8) is 0 Å². The Balaban J connectivity index is 1.75. The van der Waals surface area contributed by atoms with Crippen LogP contribution in [-0.2, 0) is 12.7 Å². The fraction of sp³-hybridized carbons (Fsp3) is 0.143. The molecule has 1 aromatic heterocycles. The van der Waals surface area contributed by atoms with Gasteiger partial charge in [0.1, 0.15) is 10.6 Å². The molecule has 0 bridgehead atoms. The standard InChI is InChI=1S/C21H16BrF3N2O/c22-19(20(28)16-7-4-8-17(11-16)21(23,24)25)15-9-10-26-18(12-15)27-13-14-5-2-1-3-6-14/h1-12,19H,13H2,(H,26,27). The number of hydrogen-bond acceptors (Lipinski definition) is 3. The number of hydrogen-bond donors (Lipinski definition) is 1. The maximum atomic E-state index is 12.9. The first-order valence-corrected chi connectivity index (χ1v) is 9.35. The van der Waals surface area contributed by atoms with Gasteiger partial charge in [0.15, 0.2) is 5.78 Å². The summed E-state index contributed by atoms with van der Waals surface area (Å²) in [5.74, 6) is 0.119. The highest BCUT2D eigenvalue weighted by atomic mass is 79.9. The predicted octanol–water partition coefficient (Wildman–Crippen LogP) is 6.03. The van der Waals surface area contributed by atoms with Crippen LogP contribution in [0.3, 0.4) is 0 Å². The Labute approximate surface area is 168 Å². The van der Waals surface area contributed by atoms with E-state index >= 15 is 0 Å². The number of pyridine rings is 1. The maximum Gasteiger partial charge on any atom is 0.416 e. The number of rotatable bonds is 6. The van der Waals surface area contributed by atoms with Gasteiger partial charge < -0.3 is 5.32 Å². The largest absolute Gasteiger partial charge is 0.416 e. The van der Waals surface area contributed by atoms with Gasteiger partial charge in [-0.05, 0) is 35.4 Å². The number of alkyl halides is 4. The van der Waals surface area contributed by atoms with Crippen molar-refractivity contribution < 1.29 is 18.0 Å². The van der Waals surface area contributed by atoms with Gasteiger partial charge in [0, 0.05) is 18.3 Å². The molecule has 0 saturated heterocycles. The van der Waals surface area contributed by atoms with E-state index in [1.54, 1.807) is 18.3 Å². The smallest absolute Gasteiger partial charge is 0.366 e. The molecule has 0 aliphatic rings. The molecule has 1 N–H and O–H groups in total. The molecule has 1 atom stereocenters. The number of nitrogens with one attached hydrogen (secondary N) is 1. The Morgan fingerprint density at radius 3 is 2.50 bits per heavy atom. The highest BCUT2D eigenvalue weighted by molar-refractivity contribution is 9.09. The number of anilines is 1. The first-order chi connectivity index (χ1) is 13.3. The van der Waals surface area contributed by atoms with E-state index in [-0.39, 0.29) is 5.56 Å². The Hall–Kier alpha value is -2.67. The Bertz CT molecular complexity index is 961. The molecule has 0 fully saturated rings. The average molecular weight is 449 g/mol. The number of Topliss-reactive ketones (excluding diaryl/α,β-unsaturated/α-hetero) is 1. The molecular weight excluding hydrogens is 433 g/mol. The van der Waals surface area contributed by atoms with Crippen LogP contribution in [0, 0.1) is 0 Å². The lowest BCUT2D eigenvalue weighted by Gasteiger charge is -2.13. The quantitative estimate of drug-likeness (QED) is 0.369. The summed E-state index contributed by atoms with van der Waals surface area (Å²) in [6, 6.07) is 17.5. The molecule has 0 radical (unpaired) electrons.